The van der Waals surface area contributed by atoms with Crippen LogP contribution in [-0.2, 0) is 17.8 Å². The average molecular weight is 574 g/mol. The Bertz CT molecular complexity index is 1560. The summed E-state index contributed by atoms with van der Waals surface area (Å²) in [7, 11) is 0. The Hall–Kier alpha value is -3.98. The Morgan fingerprint density at radius 3 is 2.23 bits per heavy atom. The zero-order valence-corrected chi connectivity index (χ0v) is 22.8. The van der Waals surface area contributed by atoms with E-state index in [2.05, 4.69) is 4.74 Å². The number of ether oxygens (including phenoxy) is 2. The molecule has 4 aromatic rings. The van der Waals surface area contributed by atoms with Crippen molar-refractivity contribution < 1.29 is 37.3 Å². The van der Waals surface area contributed by atoms with Crippen molar-refractivity contribution in [1.82, 2.24) is 4.57 Å². The Labute approximate surface area is 233 Å². The minimum Gasteiger partial charge on any atom is -0.478 e. The Kier molecular flexibility index (Phi) is 8.16. The number of carbonyl (C=O) groups excluding carboxylic acids is 1. The molecule has 0 bridgehead atoms. The summed E-state index contributed by atoms with van der Waals surface area (Å²) in [5.41, 5.74) is 1.02. The second-order valence-corrected chi connectivity index (χ2v) is 9.90. The van der Waals surface area contributed by atoms with Gasteiger partial charge in [-0.05, 0) is 73.9 Å². The number of benzene rings is 3. The van der Waals surface area contributed by atoms with Crippen molar-refractivity contribution in [3.05, 3.63) is 94.1 Å². The molecule has 1 unspecified atom stereocenters. The molecule has 3 aromatic carbocycles. The van der Waals surface area contributed by atoms with Gasteiger partial charge in [0, 0.05) is 34.3 Å². The van der Waals surface area contributed by atoms with E-state index < -0.39 is 23.7 Å². The van der Waals surface area contributed by atoms with E-state index in [1.807, 2.05) is 6.92 Å². The second kappa shape index (κ2) is 11.3. The molecule has 1 N–H and O–H groups in total. The SMILES string of the molecule is CCc1c(C(=O)c2ccc(Cl)cc2)c2ccc(OC(F)(F)F)cc2n1Cc1cccc(OC(C)(CC)C(=O)O)c1. The summed E-state index contributed by atoms with van der Waals surface area (Å²) < 4.78 is 50.9. The molecule has 4 rings (SSSR count). The largest absolute Gasteiger partial charge is 0.573 e. The third-order valence-electron chi connectivity index (χ3n) is 6.75. The summed E-state index contributed by atoms with van der Waals surface area (Å²) in [6, 6.07) is 17.1. The molecular weight excluding hydrogens is 547 g/mol. The van der Waals surface area contributed by atoms with E-state index in [-0.39, 0.29) is 18.7 Å². The van der Waals surface area contributed by atoms with Crippen molar-refractivity contribution in [3.8, 4) is 11.5 Å². The van der Waals surface area contributed by atoms with Crippen molar-refractivity contribution in [2.24, 2.45) is 0 Å². The number of aromatic nitrogens is 1. The predicted octanol–water partition coefficient (Wildman–Crippen LogP) is 7.67. The van der Waals surface area contributed by atoms with E-state index in [0.29, 0.717) is 50.5 Å². The highest BCUT2D eigenvalue weighted by Gasteiger charge is 2.34. The van der Waals surface area contributed by atoms with E-state index in [9.17, 15) is 27.9 Å². The highest BCUT2D eigenvalue weighted by Crippen LogP contribution is 2.35. The molecule has 0 amide bonds. The number of hydrogen-bond acceptors (Lipinski definition) is 4. The first kappa shape index (κ1) is 29.0. The average Bonchev–Trinajstić information content (AvgIpc) is 3.20. The van der Waals surface area contributed by atoms with E-state index in [4.69, 9.17) is 16.3 Å². The summed E-state index contributed by atoms with van der Waals surface area (Å²) in [6.45, 7) is 5.22. The third kappa shape index (κ3) is 6.09. The van der Waals surface area contributed by atoms with E-state index in [1.165, 1.54) is 25.1 Å². The molecule has 10 heteroatoms. The zero-order chi connectivity index (χ0) is 29.2. The van der Waals surface area contributed by atoms with Crippen molar-refractivity contribution >= 4 is 34.3 Å². The molecule has 0 saturated carbocycles. The quantitative estimate of drug-likeness (QED) is 0.197. The normalized spacial score (nSPS) is 13.2. The molecule has 0 aliphatic rings. The number of carboxylic acid groups (broad SMARTS) is 1. The Morgan fingerprint density at radius 1 is 0.950 bits per heavy atom. The van der Waals surface area contributed by atoms with Crippen LogP contribution in [0.1, 0.15) is 54.4 Å². The van der Waals surface area contributed by atoms with Crippen LogP contribution in [0.3, 0.4) is 0 Å². The Balaban J connectivity index is 1.85. The first-order chi connectivity index (χ1) is 18.8. The van der Waals surface area contributed by atoms with Crippen LogP contribution in [0.2, 0.25) is 5.02 Å². The van der Waals surface area contributed by atoms with Crippen molar-refractivity contribution in [2.75, 3.05) is 0 Å². The third-order valence-corrected chi connectivity index (χ3v) is 7.01. The van der Waals surface area contributed by atoms with Gasteiger partial charge < -0.3 is 19.1 Å². The number of carbonyl (C=O) groups is 2. The van der Waals surface area contributed by atoms with Gasteiger partial charge in [0.1, 0.15) is 11.5 Å². The van der Waals surface area contributed by atoms with Crippen LogP contribution in [-0.4, -0.2) is 33.4 Å². The van der Waals surface area contributed by atoms with Crippen LogP contribution in [0.5, 0.6) is 11.5 Å². The summed E-state index contributed by atoms with van der Waals surface area (Å²) in [4.78, 5) is 25.4. The molecule has 0 saturated heterocycles. The van der Waals surface area contributed by atoms with Gasteiger partial charge in [-0.15, -0.1) is 13.2 Å². The van der Waals surface area contributed by atoms with E-state index in [1.54, 1.807) is 60.0 Å². The van der Waals surface area contributed by atoms with E-state index in [0.717, 1.165) is 0 Å². The van der Waals surface area contributed by atoms with Crippen LogP contribution < -0.4 is 9.47 Å². The molecule has 0 spiro atoms. The highest BCUT2D eigenvalue weighted by molar-refractivity contribution is 6.30. The van der Waals surface area contributed by atoms with Crippen LogP contribution >= 0.6 is 11.6 Å². The number of halogens is 4. The number of fused-ring (bicyclic) bond motifs is 1. The van der Waals surface area contributed by atoms with Gasteiger partial charge >= 0.3 is 12.3 Å². The molecule has 1 aromatic heterocycles. The molecule has 0 aliphatic carbocycles. The lowest BCUT2D eigenvalue weighted by atomic mass is 9.99. The first-order valence-corrected chi connectivity index (χ1v) is 13.0. The minimum absolute atomic E-state index is 0.177. The molecule has 0 aliphatic heterocycles. The number of rotatable bonds is 10. The lowest BCUT2D eigenvalue weighted by Crippen LogP contribution is -2.40. The number of carboxylic acids is 1. The molecule has 0 fully saturated rings. The van der Waals surface area contributed by atoms with Crippen molar-refractivity contribution in [2.45, 2.75) is 52.1 Å². The lowest BCUT2D eigenvalue weighted by Gasteiger charge is -2.25. The number of alkyl halides is 3. The fourth-order valence-corrected chi connectivity index (χ4v) is 4.67. The topological polar surface area (TPSA) is 77.8 Å². The molecule has 6 nitrogen and oxygen atoms in total. The van der Waals surface area contributed by atoms with E-state index >= 15 is 0 Å². The number of nitrogens with zero attached hydrogens (tertiary/aromatic N) is 1. The zero-order valence-electron chi connectivity index (χ0n) is 22.0. The molecule has 40 heavy (non-hydrogen) atoms. The standard InChI is InChI=1S/C30H27ClF3NO5/c1-4-24-26(27(36)19-9-11-20(31)12-10-19)23-14-13-22(40-30(32,33)34)16-25(23)35(24)17-18-7-6-8-21(15-18)39-29(3,5-2)28(37)38/h6-16H,4-5,17H2,1-3H3,(H,37,38). The van der Waals surface area contributed by atoms with Gasteiger partial charge in [-0.1, -0.05) is 37.6 Å². The van der Waals surface area contributed by atoms with Gasteiger partial charge in [0.15, 0.2) is 5.78 Å². The maximum Gasteiger partial charge on any atom is 0.573 e. The van der Waals surface area contributed by atoms with Gasteiger partial charge in [-0.3, -0.25) is 4.79 Å². The smallest absolute Gasteiger partial charge is 0.478 e. The maximum absolute atomic E-state index is 13.7. The number of aliphatic carboxylic acids is 1. The highest BCUT2D eigenvalue weighted by atomic mass is 35.5. The summed E-state index contributed by atoms with van der Waals surface area (Å²) in [5.74, 6) is -1.48. The van der Waals surface area contributed by atoms with Crippen LogP contribution in [0.25, 0.3) is 10.9 Å². The molecule has 1 atom stereocenters. The van der Waals surface area contributed by atoms with Gasteiger partial charge in [0.05, 0.1) is 11.1 Å². The monoisotopic (exact) mass is 573 g/mol. The molecular formula is C30H27ClF3NO5. The molecule has 0 radical (unpaired) electrons. The fourth-order valence-electron chi connectivity index (χ4n) is 4.54. The lowest BCUT2D eigenvalue weighted by molar-refractivity contribution is -0.274. The maximum atomic E-state index is 13.7. The Morgan fingerprint density at radius 2 is 1.62 bits per heavy atom. The number of hydrogen-bond donors (Lipinski definition) is 1. The molecule has 1 heterocycles. The van der Waals surface area contributed by atoms with Gasteiger partial charge in [0.25, 0.3) is 0 Å². The number of ketones is 1. The molecule has 210 valence electrons. The van der Waals surface area contributed by atoms with Crippen molar-refractivity contribution in [1.29, 1.82) is 0 Å². The second-order valence-electron chi connectivity index (χ2n) is 9.46. The van der Waals surface area contributed by atoms with Crippen LogP contribution in [0, 0.1) is 0 Å². The summed E-state index contributed by atoms with van der Waals surface area (Å²) in [5, 5.41) is 10.5. The van der Waals surface area contributed by atoms with Crippen molar-refractivity contribution in [3.63, 3.8) is 0 Å². The summed E-state index contributed by atoms with van der Waals surface area (Å²) >= 11 is 6.00. The van der Waals surface area contributed by atoms with Gasteiger partial charge in [0.2, 0.25) is 5.60 Å². The van der Waals surface area contributed by atoms with Gasteiger partial charge in [-0.2, -0.15) is 0 Å². The minimum atomic E-state index is -4.89. The first-order valence-electron chi connectivity index (χ1n) is 12.6. The predicted molar refractivity (Wildman–Crippen MR) is 145 cm³/mol. The van der Waals surface area contributed by atoms with Crippen LogP contribution in [0.4, 0.5) is 13.2 Å². The van der Waals surface area contributed by atoms with Gasteiger partial charge in [-0.25, -0.2) is 4.79 Å². The van der Waals surface area contributed by atoms with Crippen LogP contribution in [0.15, 0.2) is 66.7 Å². The fraction of sp³-hybridized carbons (Fsp3) is 0.267. The summed E-state index contributed by atoms with van der Waals surface area (Å²) in [6.07, 6.45) is -4.25.